The number of nitrogens with one attached hydrogen (secondary N) is 1. The Morgan fingerprint density at radius 3 is 2.24 bits per heavy atom. The zero-order chi connectivity index (χ0) is 40.7. The van der Waals surface area contributed by atoms with Crippen molar-refractivity contribution in [3.8, 4) is 5.75 Å². The van der Waals surface area contributed by atoms with Gasteiger partial charge in [0.2, 0.25) is 0 Å². The maximum atomic E-state index is 14.5. The molecule has 3 saturated heterocycles. The summed E-state index contributed by atoms with van der Waals surface area (Å²) in [6.07, 6.45) is 15.0. The van der Waals surface area contributed by atoms with Gasteiger partial charge in [0.15, 0.2) is 0 Å². The van der Waals surface area contributed by atoms with Crippen molar-refractivity contribution in [3.63, 3.8) is 0 Å². The predicted molar refractivity (Wildman–Crippen MR) is 228 cm³/mol. The largest absolute Gasteiger partial charge is 0.508 e. The second kappa shape index (κ2) is 16.9. The summed E-state index contributed by atoms with van der Waals surface area (Å²) >= 11 is 0. The molecule has 4 bridgehead atoms. The highest BCUT2D eigenvalue weighted by atomic mass is 16.3. The number of unbranched alkanes of at least 4 members (excludes halogenated alkanes) is 1. The molecule has 314 valence electrons. The minimum Gasteiger partial charge on any atom is -0.508 e. The Morgan fingerprint density at radius 1 is 0.797 bits per heavy atom. The van der Waals surface area contributed by atoms with Crippen molar-refractivity contribution in [2.75, 3.05) is 39.3 Å². The van der Waals surface area contributed by atoms with Crippen LogP contribution in [0.5, 0.6) is 5.75 Å². The molecule has 10 heteroatoms. The molecule has 3 aromatic rings. The third kappa shape index (κ3) is 8.48. The first-order valence-corrected chi connectivity index (χ1v) is 22.8. The molecule has 3 aromatic carbocycles. The first kappa shape index (κ1) is 40.0. The Hall–Kier alpha value is -4.44. The Morgan fingerprint density at radius 2 is 1.51 bits per heavy atom. The Labute approximate surface area is 349 Å². The fourth-order valence-electron chi connectivity index (χ4n) is 12.8. The van der Waals surface area contributed by atoms with Gasteiger partial charge in [-0.25, -0.2) is 0 Å². The summed E-state index contributed by atoms with van der Waals surface area (Å²) in [6, 6.07) is 21.4. The molecule has 2 N–H and O–H groups in total. The molecule has 4 unspecified atom stereocenters. The molecule has 4 aliphatic carbocycles. The van der Waals surface area contributed by atoms with Crippen molar-refractivity contribution in [2.24, 2.45) is 23.2 Å². The standard InChI is InChI=1S/C49H63N5O5/c1-2-3-9-41-32-54(48(59)47(58)52(41)19-17-49-26-35-20-36(27-49)22-37(21-35)28-49)43(24-33-12-15-44(55)16-13-33)30-51-18-6-10-40(51)31-53-42(29-50-45(56)46(53)57)25-34-11-14-38-7-4-5-8-39(38)23-34/h4-5,7-8,11-16,23,35-37,40-43,55H,2-3,6,9-10,17-22,24-32H2,1H3,(H,50,56). The number of phenolic OH excluding ortho intramolecular Hbond substituents is 1. The molecule has 7 aliphatic rings. The molecule has 4 amide bonds. The van der Waals surface area contributed by atoms with Gasteiger partial charge in [0, 0.05) is 50.8 Å². The summed E-state index contributed by atoms with van der Waals surface area (Å²) in [7, 11) is 0. The SMILES string of the molecule is CCCCC1CN(C(Cc2ccc(O)cc2)CN2CCCC2CN2C(=O)C(=O)NCC2Cc2ccc3ccccc3c2)C(=O)C(=O)N1CCC12CC3CC(CC(C3)C1)C2. The fraction of sp³-hybridized carbons (Fsp3) is 0.592. The van der Waals surface area contributed by atoms with E-state index in [1.54, 1.807) is 17.0 Å². The summed E-state index contributed by atoms with van der Waals surface area (Å²) in [5.74, 6) is 0.943. The molecule has 0 radical (unpaired) electrons. The first-order valence-electron chi connectivity index (χ1n) is 22.8. The number of fused-ring (bicyclic) bond motifs is 1. The van der Waals surface area contributed by atoms with Crippen LogP contribution in [0, 0.1) is 23.2 Å². The molecule has 4 atom stereocenters. The Bertz CT molecular complexity index is 2000. The number of benzene rings is 3. The van der Waals surface area contributed by atoms with Crippen LogP contribution in [0.2, 0.25) is 0 Å². The van der Waals surface area contributed by atoms with E-state index in [0.29, 0.717) is 51.0 Å². The monoisotopic (exact) mass is 801 g/mol. The first-order chi connectivity index (χ1) is 28.6. The van der Waals surface area contributed by atoms with Crippen LogP contribution in [0.3, 0.4) is 0 Å². The molecule has 4 saturated carbocycles. The minimum absolute atomic E-state index is 0.00883. The lowest BCUT2D eigenvalue weighted by atomic mass is 9.49. The van der Waals surface area contributed by atoms with Crippen LogP contribution in [-0.2, 0) is 32.0 Å². The van der Waals surface area contributed by atoms with Gasteiger partial charge in [0.25, 0.3) is 0 Å². The maximum Gasteiger partial charge on any atom is 0.312 e. The summed E-state index contributed by atoms with van der Waals surface area (Å²) in [5, 5.41) is 15.3. The molecule has 3 heterocycles. The summed E-state index contributed by atoms with van der Waals surface area (Å²) in [5.41, 5.74) is 2.45. The topological polar surface area (TPSA) is 113 Å². The van der Waals surface area contributed by atoms with Crippen molar-refractivity contribution in [2.45, 2.75) is 121 Å². The normalized spacial score (nSPS) is 30.2. The lowest BCUT2D eigenvalue weighted by Crippen LogP contribution is -2.64. The Balaban J connectivity index is 0.933. The number of carbonyl (C=O) groups is 4. The minimum atomic E-state index is -0.558. The van der Waals surface area contributed by atoms with Crippen molar-refractivity contribution in [1.29, 1.82) is 0 Å². The van der Waals surface area contributed by atoms with Gasteiger partial charge in [0.05, 0.1) is 6.04 Å². The third-order valence-corrected chi connectivity index (χ3v) is 15.4. The van der Waals surface area contributed by atoms with Gasteiger partial charge in [-0.05, 0) is 141 Å². The van der Waals surface area contributed by atoms with Crippen LogP contribution < -0.4 is 5.32 Å². The van der Waals surface area contributed by atoms with E-state index in [2.05, 4.69) is 47.5 Å². The van der Waals surface area contributed by atoms with Crippen LogP contribution >= 0.6 is 0 Å². The van der Waals surface area contributed by atoms with E-state index in [9.17, 15) is 24.3 Å². The van der Waals surface area contributed by atoms with Crippen LogP contribution in [0.25, 0.3) is 10.8 Å². The van der Waals surface area contributed by atoms with E-state index in [0.717, 1.165) is 79.3 Å². The lowest BCUT2D eigenvalue weighted by Gasteiger charge is -2.57. The van der Waals surface area contributed by atoms with E-state index in [1.165, 1.54) is 43.9 Å². The zero-order valence-corrected chi connectivity index (χ0v) is 34.9. The van der Waals surface area contributed by atoms with Gasteiger partial charge >= 0.3 is 23.6 Å². The van der Waals surface area contributed by atoms with Gasteiger partial charge in [-0.3, -0.25) is 24.1 Å². The van der Waals surface area contributed by atoms with Crippen LogP contribution in [0.4, 0.5) is 0 Å². The fourth-order valence-corrected chi connectivity index (χ4v) is 12.8. The highest BCUT2D eigenvalue weighted by Crippen LogP contribution is 2.61. The van der Waals surface area contributed by atoms with Gasteiger partial charge in [-0.2, -0.15) is 0 Å². The summed E-state index contributed by atoms with van der Waals surface area (Å²) in [4.78, 5) is 63.4. The number of amides is 4. The molecular weight excluding hydrogens is 739 g/mol. The average molecular weight is 802 g/mol. The third-order valence-electron chi connectivity index (χ3n) is 15.4. The van der Waals surface area contributed by atoms with E-state index in [4.69, 9.17) is 0 Å². The molecular formula is C49H63N5O5. The smallest absolute Gasteiger partial charge is 0.312 e. The van der Waals surface area contributed by atoms with Gasteiger partial charge in [-0.15, -0.1) is 0 Å². The quantitative estimate of drug-likeness (QED) is 0.174. The number of carbonyl (C=O) groups excluding carboxylic acids is 4. The predicted octanol–water partition coefficient (Wildman–Crippen LogP) is 6.33. The molecule has 10 rings (SSSR count). The maximum absolute atomic E-state index is 14.5. The highest BCUT2D eigenvalue weighted by Gasteiger charge is 2.51. The number of nitrogens with zero attached hydrogens (tertiary/aromatic N) is 4. The van der Waals surface area contributed by atoms with Crippen molar-refractivity contribution >= 4 is 34.4 Å². The second-order valence-electron chi connectivity index (χ2n) is 19.4. The van der Waals surface area contributed by atoms with E-state index in [-0.39, 0.29) is 35.8 Å². The second-order valence-corrected chi connectivity index (χ2v) is 19.4. The molecule has 10 nitrogen and oxygen atoms in total. The van der Waals surface area contributed by atoms with Gasteiger partial charge in [0.1, 0.15) is 5.75 Å². The highest BCUT2D eigenvalue weighted by molar-refractivity contribution is 6.36. The summed E-state index contributed by atoms with van der Waals surface area (Å²) < 4.78 is 0. The average Bonchev–Trinajstić information content (AvgIpc) is 3.66. The van der Waals surface area contributed by atoms with Crippen molar-refractivity contribution in [1.82, 2.24) is 24.9 Å². The van der Waals surface area contributed by atoms with Crippen LogP contribution in [0.1, 0.15) is 95.1 Å². The number of rotatable bonds is 15. The van der Waals surface area contributed by atoms with E-state index in [1.807, 2.05) is 34.1 Å². The number of aromatic hydroxyl groups is 1. The Kier molecular flexibility index (Phi) is 11.5. The van der Waals surface area contributed by atoms with Gasteiger partial charge < -0.3 is 25.1 Å². The molecule has 59 heavy (non-hydrogen) atoms. The lowest BCUT2D eigenvalue weighted by molar-refractivity contribution is -0.162. The number of hydrogen-bond acceptors (Lipinski definition) is 6. The van der Waals surface area contributed by atoms with Crippen LogP contribution in [-0.4, -0.2) is 112 Å². The summed E-state index contributed by atoms with van der Waals surface area (Å²) in [6.45, 7) is 5.59. The zero-order valence-electron chi connectivity index (χ0n) is 34.9. The van der Waals surface area contributed by atoms with E-state index >= 15 is 0 Å². The number of likely N-dealkylation sites (tertiary alicyclic amines) is 1. The molecule has 0 aromatic heterocycles. The molecule has 0 spiro atoms. The van der Waals surface area contributed by atoms with Crippen molar-refractivity contribution in [3.05, 3.63) is 77.9 Å². The number of phenols is 1. The van der Waals surface area contributed by atoms with Crippen molar-refractivity contribution < 1.29 is 24.3 Å². The van der Waals surface area contributed by atoms with Gasteiger partial charge in [-0.1, -0.05) is 74.4 Å². The molecule has 7 fully saturated rings. The number of piperazine rings is 2. The molecule has 3 aliphatic heterocycles. The van der Waals surface area contributed by atoms with E-state index < -0.39 is 17.7 Å². The van der Waals surface area contributed by atoms with Crippen LogP contribution in [0.15, 0.2) is 66.7 Å². The number of hydrogen-bond donors (Lipinski definition) is 2.